The van der Waals surface area contributed by atoms with Crippen LogP contribution in [0.3, 0.4) is 0 Å². The van der Waals surface area contributed by atoms with Crippen molar-refractivity contribution in [3.63, 3.8) is 0 Å². The number of carbonyl (C=O) groups is 3. The molecule has 0 aliphatic carbocycles. The van der Waals surface area contributed by atoms with E-state index in [0.717, 1.165) is 16.7 Å². The second-order valence-corrected chi connectivity index (χ2v) is 10.0. The smallest absolute Gasteiger partial charge is 0.293 e. The third kappa shape index (κ3) is 7.03. The molecule has 1 aliphatic heterocycles. The van der Waals surface area contributed by atoms with Crippen molar-refractivity contribution in [2.24, 2.45) is 0 Å². The molecule has 1 fully saturated rings. The first kappa shape index (κ1) is 27.9. The van der Waals surface area contributed by atoms with Crippen LogP contribution in [-0.2, 0) is 16.1 Å². The molecule has 10 nitrogen and oxygen atoms in total. The Hall–Kier alpha value is -4.16. The van der Waals surface area contributed by atoms with E-state index in [-0.39, 0.29) is 29.7 Å². The van der Waals surface area contributed by atoms with Gasteiger partial charge < -0.3 is 14.8 Å². The molecule has 0 bridgehead atoms. The van der Waals surface area contributed by atoms with Gasteiger partial charge in [0.15, 0.2) is 18.1 Å². The summed E-state index contributed by atoms with van der Waals surface area (Å²) in [5.41, 5.74) is 1.55. The molecule has 1 heterocycles. The Morgan fingerprint density at radius 1 is 1.10 bits per heavy atom. The Bertz CT molecular complexity index is 1460. The molecule has 3 aromatic rings. The maximum atomic E-state index is 13.0. The van der Waals surface area contributed by atoms with Gasteiger partial charge >= 0.3 is 0 Å². The van der Waals surface area contributed by atoms with Gasteiger partial charge in [-0.25, -0.2) is 0 Å². The van der Waals surface area contributed by atoms with E-state index < -0.39 is 16.1 Å². The number of rotatable bonds is 10. The van der Waals surface area contributed by atoms with Crippen LogP contribution in [0.25, 0.3) is 6.08 Å². The normalized spacial score (nSPS) is 14.0. The van der Waals surface area contributed by atoms with Crippen LogP contribution in [0.1, 0.15) is 18.1 Å². The fraction of sp³-hybridized carbons (Fsp3) is 0.148. The van der Waals surface area contributed by atoms with Crippen LogP contribution < -0.4 is 14.8 Å². The quantitative estimate of drug-likeness (QED) is 0.168. The molecule has 200 valence electrons. The molecular weight excluding hydrogens is 590 g/mol. The highest BCUT2D eigenvalue weighted by Gasteiger charge is 2.35. The minimum Gasteiger partial charge on any atom is -0.490 e. The van der Waals surface area contributed by atoms with Crippen LogP contribution >= 0.6 is 27.7 Å². The Morgan fingerprint density at radius 2 is 1.87 bits per heavy atom. The number of carbonyl (C=O) groups excluding carboxylic acids is 3. The number of hydrogen-bond acceptors (Lipinski definition) is 8. The number of non-ortho nitro benzene ring substituents is 1. The molecule has 4 rings (SSSR count). The molecule has 1 aliphatic rings. The van der Waals surface area contributed by atoms with E-state index in [1.165, 1.54) is 18.2 Å². The third-order valence-electron chi connectivity index (χ3n) is 5.37. The summed E-state index contributed by atoms with van der Waals surface area (Å²) in [7, 11) is 0. The maximum Gasteiger partial charge on any atom is 0.293 e. The number of nitro benzene ring substituents is 1. The first-order valence-electron chi connectivity index (χ1n) is 11.7. The minimum atomic E-state index is -0.534. The van der Waals surface area contributed by atoms with E-state index in [2.05, 4.69) is 21.2 Å². The van der Waals surface area contributed by atoms with Gasteiger partial charge in [0, 0.05) is 17.8 Å². The molecule has 0 aromatic heterocycles. The zero-order chi connectivity index (χ0) is 27.9. The van der Waals surface area contributed by atoms with E-state index >= 15 is 0 Å². The average Bonchev–Trinajstić information content (AvgIpc) is 3.16. The number of benzene rings is 3. The van der Waals surface area contributed by atoms with Gasteiger partial charge in [0.25, 0.3) is 22.7 Å². The van der Waals surface area contributed by atoms with Crippen molar-refractivity contribution in [2.75, 3.05) is 18.5 Å². The summed E-state index contributed by atoms with van der Waals surface area (Å²) in [4.78, 5) is 49.7. The molecule has 0 spiro atoms. The number of amides is 3. The van der Waals surface area contributed by atoms with Crippen molar-refractivity contribution in [3.05, 3.63) is 97.3 Å². The Labute approximate surface area is 236 Å². The lowest BCUT2D eigenvalue weighted by molar-refractivity contribution is -0.384. The molecule has 3 amide bonds. The van der Waals surface area contributed by atoms with Crippen molar-refractivity contribution in [1.82, 2.24) is 4.90 Å². The zero-order valence-corrected chi connectivity index (χ0v) is 23.0. The highest BCUT2D eigenvalue weighted by Crippen LogP contribution is 2.39. The zero-order valence-electron chi connectivity index (χ0n) is 20.6. The summed E-state index contributed by atoms with van der Waals surface area (Å²) >= 11 is 4.22. The van der Waals surface area contributed by atoms with Crippen molar-refractivity contribution in [3.8, 4) is 11.5 Å². The molecule has 0 saturated carbocycles. The van der Waals surface area contributed by atoms with E-state index in [4.69, 9.17) is 9.47 Å². The Balaban J connectivity index is 1.50. The topological polar surface area (TPSA) is 128 Å². The summed E-state index contributed by atoms with van der Waals surface area (Å²) in [5.74, 6) is -0.196. The maximum absolute atomic E-state index is 13.0. The van der Waals surface area contributed by atoms with Crippen LogP contribution in [0, 0.1) is 10.1 Å². The number of anilines is 1. The number of halogens is 1. The number of hydrogen-bond donors (Lipinski definition) is 1. The second kappa shape index (κ2) is 12.6. The first-order valence-corrected chi connectivity index (χ1v) is 13.3. The summed E-state index contributed by atoms with van der Waals surface area (Å²) in [6.07, 6.45) is 1.55. The number of ether oxygens (including phenoxy) is 2. The number of para-hydroxylation sites is 1. The van der Waals surface area contributed by atoms with Crippen LogP contribution in [0.2, 0.25) is 0 Å². The lowest BCUT2D eigenvalue weighted by atomic mass is 10.1. The Kier molecular flexibility index (Phi) is 8.99. The SMILES string of the molecule is CCOc1cc(/C=C2/SC(=O)N(Cc3cccc([N+](=O)[O-])c3)C2=O)cc(Br)c1OCC(=O)Nc1ccccc1. The largest absolute Gasteiger partial charge is 0.490 e. The second-order valence-electron chi connectivity index (χ2n) is 8.16. The van der Waals surface area contributed by atoms with Gasteiger partial charge in [-0.1, -0.05) is 30.3 Å². The minimum absolute atomic E-state index is 0.0879. The Morgan fingerprint density at radius 3 is 2.59 bits per heavy atom. The van der Waals surface area contributed by atoms with E-state index in [1.807, 2.05) is 6.07 Å². The summed E-state index contributed by atoms with van der Waals surface area (Å²) in [6.45, 7) is 1.77. The first-order chi connectivity index (χ1) is 18.7. The number of thioether (sulfide) groups is 1. The van der Waals surface area contributed by atoms with Crippen LogP contribution in [-0.4, -0.2) is 40.1 Å². The molecule has 12 heteroatoms. The van der Waals surface area contributed by atoms with Crippen molar-refractivity contribution < 1.29 is 28.8 Å². The van der Waals surface area contributed by atoms with E-state index in [0.29, 0.717) is 39.4 Å². The fourth-order valence-corrected chi connectivity index (χ4v) is 5.08. The van der Waals surface area contributed by atoms with Crippen LogP contribution in [0.4, 0.5) is 16.2 Å². The number of nitrogens with one attached hydrogen (secondary N) is 1. The molecule has 1 N–H and O–H groups in total. The van der Waals surface area contributed by atoms with E-state index in [1.54, 1.807) is 55.5 Å². The molecule has 0 unspecified atom stereocenters. The standard InChI is InChI=1S/C27H22BrN3O7S/c1-2-37-22-13-18(12-21(28)25(22)38-16-24(32)29-19-8-4-3-5-9-19)14-23-26(33)30(27(34)39-23)15-17-7-6-10-20(11-17)31(35)36/h3-14H,2,15-16H2,1H3,(H,29,32)/b23-14+. The van der Waals surface area contributed by atoms with Gasteiger partial charge in [0.05, 0.1) is 27.5 Å². The van der Waals surface area contributed by atoms with Crippen molar-refractivity contribution >= 4 is 62.2 Å². The summed E-state index contributed by atoms with van der Waals surface area (Å²) in [5, 5.41) is 13.3. The van der Waals surface area contributed by atoms with Crippen molar-refractivity contribution in [2.45, 2.75) is 13.5 Å². The molecular formula is C27H22BrN3O7S. The van der Waals surface area contributed by atoms with Crippen LogP contribution in [0.15, 0.2) is 76.1 Å². The fourth-order valence-electron chi connectivity index (χ4n) is 3.67. The highest BCUT2D eigenvalue weighted by atomic mass is 79.9. The number of nitrogens with zero attached hydrogens (tertiary/aromatic N) is 2. The summed E-state index contributed by atoms with van der Waals surface area (Å²) < 4.78 is 11.9. The van der Waals surface area contributed by atoms with Gasteiger partial charge in [-0.3, -0.25) is 29.4 Å². The lowest BCUT2D eigenvalue weighted by Crippen LogP contribution is -2.27. The number of nitro groups is 1. The molecule has 0 radical (unpaired) electrons. The highest BCUT2D eigenvalue weighted by molar-refractivity contribution is 9.10. The van der Waals surface area contributed by atoms with Gasteiger partial charge in [-0.15, -0.1) is 0 Å². The van der Waals surface area contributed by atoms with E-state index in [9.17, 15) is 24.5 Å². The van der Waals surface area contributed by atoms with Gasteiger partial charge in [0.2, 0.25) is 0 Å². The molecule has 1 saturated heterocycles. The number of imide groups is 1. The lowest BCUT2D eigenvalue weighted by Gasteiger charge is -2.15. The molecule has 3 aromatic carbocycles. The van der Waals surface area contributed by atoms with Gasteiger partial charge in [-0.2, -0.15) is 0 Å². The average molecular weight is 612 g/mol. The third-order valence-corrected chi connectivity index (χ3v) is 6.87. The van der Waals surface area contributed by atoms with Gasteiger partial charge in [-0.05, 0) is 76.1 Å². The van der Waals surface area contributed by atoms with Crippen LogP contribution in [0.5, 0.6) is 11.5 Å². The summed E-state index contributed by atoms with van der Waals surface area (Å²) in [6, 6.07) is 18.1. The predicted molar refractivity (Wildman–Crippen MR) is 150 cm³/mol. The van der Waals surface area contributed by atoms with Gasteiger partial charge in [0.1, 0.15) is 0 Å². The van der Waals surface area contributed by atoms with Crippen molar-refractivity contribution in [1.29, 1.82) is 0 Å². The molecule has 39 heavy (non-hydrogen) atoms. The monoisotopic (exact) mass is 611 g/mol. The predicted octanol–water partition coefficient (Wildman–Crippen LogP) is 6.01. The molecule has 0 atom stereocenters.